The number of carbonyl (C=O) groups excluding carboxylic acids is 2. The van der Waals surface area contributed by atoms with Gasteiger partial charge in [-0.25, -0.2) is 9.79 Å². The number of carbonyl (C=O) groups is 2. The lowest BCUT2D eigenvalue weighted by Crippen LogP contribution is -2.49. The number of cyclic esters (lactones) is 1. The summed E-state index contributed by atoms with van der Waals surface area (Å²) in [6.07, 6.45) is 4.04. The van der Waals surface area contributed by atoms with Crippen LogP contribution in [-0.2, 0) is 9.53 Å². The molecule has 0 aliphatic carbocycles. The third-order valence-corrected chi connectivity index (χ3v) is 7.82. The van der Waals surface area contributed by atoms with Crippen molar-refractivity contribution in [2.45, 2.75) is 23.5 Å². The van der Waals surface area contributed by atoms with Gasteiger partial charge in [0.15, 0.2) is 11.3 Å². The third-order valence-electron chi connectivity index (χ3n) is 7.82. The van der Waals surface area contributed by atoms with Crippen LogP contribution in [0.4, 0.5) is 5.69 Å². The number of esters is 1. The molecule has 0 amide bonds. The molecule has 3 heterocycles. The second-order valence-electron chi connectivity index (χ2n) is 9.83. The molecule has 38 heavy (non-hydrogen) atoms. The van der Waals surface area contributed by atoms with Crippen molar-refractivity contribution in [2.24, 2.45) is 4.99 Å². The van der Waals surface area contributed by atoms with Gasteiger partial charge in [-0.05, 0) is 29.3 Å². The number of ketones is 1. The molecule has 1 fully saturated rings. The van der Waals surface area contributed by atoms with Crippen LogP contribution >= 0.6 is 0 Å². The van der Waals surface area contributed by atoms with Gasteiger partial charge >= 0.3 is 5.97 Å². The fraction of sp³-hybridized carbons (Fsp3) is 0.121. The largest absolute Gasteiger partial charge is 0.405 e. The fourth-order valence-electron chi connectivity index (χ4n) is 6.21. The van der Waals surface area contributed by atoms with E-state index in [2.05, 4.69) is 4.90 Å². The lowest BCUT2D eigenvalue weighted by Gasteiger charge is -2.35. The first kappa shape index (κ1) is 22.4. The summed E-state index contributed by atoms with van der Waals surface area (Å²) < 4.78 is 5.95. The Labute approximate surface area is 220 Å². The molecular formula is C33H24N2O3. The van der Waals surface area contributed by atoms with Gasteiger partial charge in [0.25, 0.3) is 0 Å². The van der Waals surface area contributed by atoms with Gasteiger partial charge in [-0.2, -0.15) is 0 Å². The maximum absolute atomic E-state index is 14.4. The number of benzene rings is 4. The van der Waals surface area contributed by atoms with E-state index in [1.54, 1.807) is 0 Å². The van der Waals surface area contributed by atoms with Crippen LogP contribution in [0.25, 0.3) is 6.08 Å². The number of fused-ring (bicyclic) bond motifs is 4. The van der Waals surface area contributed by atoms with Crippen molar-refractivity contribution >= 4 is 29.4 Å². The lowest BCUT2D eigenvalue weighted by molar-refractivity contribution is -0.139. The number of ether oxygens (including phenoxy) is 1. The first-order chi connectivity index (χ1) is 18.7. The van der Waals surface area contributed by atoms with Crippen molar-refractivity contribution in [3.63, 3.8) is 0 Å². The molecule has 0 saturated carbocycles. The summed E-state index contributed by atoms with van der Waals surface area (Å²) in [6, 6.07) is 35.4. The van der Waals surface area contributed by atoms with Gasteiger partial charge in [0.05, 0.1) is 12.0 Å². The number of aliphatic imine (C=N–C) groups is 1. The summed E-state index contributed by atoms with van der Waals surface area (Å²) in [4.78, 5) is 35.8. The topological polar surface area (TPSA) is 59.0 Å². The highest BCUT2D eigenvalue weighted by atomic mass is 16.6. The van der Waals surface area contributed by atoms with Crippen molar-refractivity contribution in [1.82, 2.24) is 0 Å². The molecule has 0 radical (unpaired) electrons. The summed E-state index contributed by atoms with van der Waals surface area (Å²) in [5.74, 6) is -0.780. The minimum absolute atomic E-state index is 0.0532. The van der Waals surface area contributed by atoms with Gasteiger partial charge in [0.2, 0.25) is 5.90 Å². The first-order valence-corrected chi connectivity index (χ1v) is 12.8. The molecule has 4 atom stereocenters. The van der Waals surface area contributed by atoms with Crippen LogP contribution in [0.15, 0.2) is 126 Å². The predicted octanol–water partition coefficient (Wildman–Crippen LogP) is 5.68. The maximum atomic E-state index is 14.4. The smallest absolute Gasteiger partial charge is 0.344 e. The Morgan fingerprint density at radius 1 is 0.789 bits per heavy atom. The zero-order valence-electron chi connectivity index (χ0n) is 20.5. The normalized spacial score (nSPS) is 25.1. The maximum Gasteiger partial charge on any atom is 0.344 e. The predicted molar refractivity (Wildman–Crippen MR) is 147 cm³/mol. The molecular weight excluding hydrogens is 472 g/mol. The Balaban J connectivity index is 1.51. The van der Waals surface area contributed by atoms with Crippen LogP contribution < -0.4 is 4.90 Å². The number of nitrogens with zero attached hydrogens (tertiary/aromatic N) is 2. The Bertz CT molecular complexity index is 1600. The van der Waals surface area contributed by atoms with E-state index in [0.29, 0.717) is 5.56 Å². The summed E-state index contributed by atoms with van der Waals surface area (Å²) in [5.41, 5.74) is 2.76. The van der Waals surface area contributed by atoms with Crippen LogP contribution in [0.5, 0.6) is 0 Å². The summed E-state index contributed by atoms with van der Waals surface area (Å²) in [5, 5.41) is 0. The highest BCUT2D eigenvalue weighted by molar-refractivity contribution is 6.12. The summed E-state index contributed by atoms with van der Waals surface area (Å²) in [7, 11) is 0. The molecule has 0 bridgehead atoms. The summed E-state index contributed by atoms with van der Waals surface area (Å²) in [6.45, 7) is 0. The minimum atomic E-state index is -1.34. The van der Waals surface area contributed by atoms with E-state index in [1.807, 2.05) is 127 Å². The van der Waals surface area contributed by atoms with Crippen LogP contribution in [0, 0.1) is 0 Å². The van der Waals surface area contributed by atoms with Gasteiger partial charge in [0.1, 0.15) is 6.04 Å². The molecule has 0 aromatic heterocycles. The molecule has 0 N–H and O–H groups in total. The number of para-hydroxylation sites is 1. The minimum Gasteiger partial charge on any atom is -0.405 e. The fourth-order valence-corrected chi connectivity index (χ4v) is 6.21. The van der Waals surface area contributed by atoms with Crippen LogP contribution in [0.3, 0.4) is 0 Å². The van der Waals surface area contributed by atoms with Crippen LogP contribution in [0.2, 0.25) is 0 Å². The van der Waals surface area contributed by atoms with Crippen molar-refractivity contribution < 1.29 is 14.3 Å². The average molecular weight is 497 g/mol. The lowest BCUT2D eigenvalue weighted by atomic mass is 9.74. The van der Waals surface area contributed by atoms with Gasteiger partial charge < -0.3 is 9.64 Å². The Kier molecular flexibility index (Phi) is 5.11. The Morgan fingerprint density at radius 3 is 2.16 bits per heavy atom. The molecule has 5 nitrogen and oxygen atoms in total. The zero-order valence-corrected chi connectivity index (χ0v) is 20.5. The molecule has 0 unspecified atom stereocenters. The average Bonchev–Trinajstić information content (AvgIpc) is 3.49. The number of Topliss-reactive ketones (excluding diaryl/α,β-unsaturated/α-hetero) is 1. The molecule has 4 aromatic rings. The van der Waals surface area contributed by atoms with E-state index in [9.17, 15) is 9.59 Å². The monoisotopic (exact) mass is 496 g/mol. The number of rotatable bonds is 4. The molecule has 1 spiro atoms. The standard InChI is InChI=1S/C33H24N2O3/c36-30(24-15-6-2-7-16-24)29-28(23-13-4-1-5-14-23)33(27-21-20-22-12-10-11-19-26(22)35(27)29)32(37)38-31(34-33)25-17-8-3-9-18-25/h1-21,27-29H/t27-,28-,29-,33+/m0/s1. The quantitative estimate of drug-likeness (QED) is 0.269. The second-order valence-corrected chi connectivity index (χ2v) is 9.83. The van der Waals surface area contributed by atoms with Crippen molar-refractivity contribution in [3.05, 3.63) is 144 Å². The van der Waals surface area contributed by atoms with Crippen LogP contribution in [0.1, 0.15) is 33.0 Å². The highest BCUT2D eigenvalue weighted by Gasteiger charge is 2.69. The molecule has 3 aliphatic rings. The van der Waals surface area contributed by atoms with Gasteiger partial charge in [-0.1, -0.05) is 109 Å². The molecule has 184 valence electrons. The Morgan fingerprint density at radius 2 is 1.42 bits per heavy atom. The van der Waals surface area contributed by atoms with E-state index in [4.69, 9.17) is 9.73 Å². The van der Waals surface area contributed by atoms with Crippen molar-refractivity contribution in [3.8, 4) is 0 Å². The van der Waals surface area contributed by atoms with Crippen LogP contribution in [-0.4, -0.2) is 35.3 Å². The first-order valence-electron chi connectivity index (χ1n) is 12.8. The second kappa shape index (κ2) is 8.67. The molecule has 3 aliphatic heterocycles. The number of anilines is 1. The van der Waals surface area contributed by atoms with E-state index in [1.165, 1.54) is 0 Å². The SMILES string of the molecule is O=C(c1ccccc1)[C@@H]1[C@H](c2ccccc2)[C@]2(N=C(c3ccccc3)OC2=O)[C@@H]2C=Cc3ccccc3N12. The van der Waals surface area contributed by atoms with E-state index in [-0.39, 0.29) is 11.7 Å². The van der Waals surface area contributed by atoms with E-state index in [0.717, 1.165) is 22.4 Å². The van der Waals surface area contributed by atoms with E-state index < -0.39 is 29.5 Å². The third kappa shape index (κ3) is 3.21. The summed E-state index contributed by atoms with van der Waals surface area (Å²) >= 11 is 0. The highest BCUT2D eigenvalue weighted by Crippen LogP contribution is 2.55. The van der Waals surface area contributed by atoms with Gasteiger partial charge in [0, 0.05) is 16.8 Å². The van der Waals surface area contributed by atoms with E-state index >= 15 is 0 Å². The van der Waals surface area contributed by atoms with Crippen molar-refractivity contribution in [2.75, 3.05) is 4.90 Å². The van der Waals surface area contributed by atoms with Gasteiger partial charge in [-0.3, -0.25) is 4.79 Å². The molecule has 7 rings (SSSR count). The Hall–Kier alpha value is -4.77. The zero-order chi connectivity index (χ0) is 25.7. The van der Waals surface area contributed by atoms with Gasteiger partial charge in [-0.15, -0.1) is 0 Å². The number of hydrogen-bond donors (Lipinski definition) is 0. The molecule has 1 saturated heterocycles. The van der Waals surface area contributed by atoms with Crippen molar-refractivity contribution in [1.29, 1.82) is 0 Å². The number of hydrogen-bond acceptors (Lipinski definition) is 5. The molecule has 4 aromatic carbocycles. The molecule has 5 heteroatoms.